The number of nitrogens with zero attached hydrogens (tertiary/aromatic N) is 1. The first-order chi connectivity index (χ1) is 8.52. The molecule has 4 heteroatoms. The van der Waals surface area contributed by atoms with E-state index >= 15 is 0 Å². The van der Waals surface area contributed by atoms with Crippen LogP contribution in [0.4, 0.5) is 0 Å². The SMILES string of the molecule is CC(C)CC(C)OCCC(=O)N1CCC(CN)C1. The van der Waals surface area contributed by atoms with Gasteiger partial charge in [0.05, 0.1) is 19.1 Å². The molecule has 0 aromatic rings. The molecule has 106 valence electrons. The van der Waals surface area contributed by atoms with Crippen molar-refractivity contribution in [2.24, 2.45) is 17.6 Å². The second kappa shape index (κ2) is 7.74. The zero-order valence-electron chi connectivity index (χ0n) is 12.0. The van der Waals surface area contributed by atoms with Crippen LogP contribution in [0.2, 0.25) is 0 Å². The van der Waals surface area contributed by atoms with Crippen LogP contribution in [0.5, 0.6) is 0 Å². The summed E-state index contributed by atoms with van der Waals surface area (Å²) in [6, 6.07) is 0. The van der Waals surface area contributed by atoms with E-state index in [1.807, 2.05) is 4.90 Å². The number of hydrogen-bond donors (Lipinski definition) is 1. The molecular formula is C14H28N2O2. The number of carbonyl (C=O) groups excluding carboxylic acids is 1. The first-order valence-corrected chi connectivity index (χ1v) is 7.12. The molecule has 0 aliphatic carbocycles. The molecule has 1 aliphatic heterocycles. The van der Waals surface area contributed by atoms with E-state index in [-0.39, 0.29) is 12.0 Å². The molecule has 18 heavy (non-hydrogen) atoms. The number of carbonyl (C=O) groups is 1. The summed E-state index contributed by atoms with van der Waals surface area (Å²) >= 11 is 0. The van der Waals surface area contributed by atoms with Gasteiger partial charge < -0.3 is 15.4 Å². The fraction of sp³-hybridized carbons (Fsp3) is 0.929. The predicted octanol–water partition coefficient (Wildman–Crippen LogP) is 1.63. The van der Waals surface area contributed by atoms with Crippen molar-refractivity contribution in [2.45, 2.75) is 46.1 Å². The lowest BCUT2D eigenvalue weighted by atomic mass is 10.1. The van der Waals surface area contributed by atoms with E-state index in [1.54, 1.807) is 0 Å². The van der Waals surface area contributed by atoms with Gasteiger partial charge in [0.1, 0.15) is 0 Å². The van der Waals surface area contributed by atoms with E-state index in [0.29, 0.717) is 31.4 Å². The average Bonchev–Trinajstić information content (AvgIpc) is 2.76. The summed E-state index contributed by atoms with van der Waals surface area (Å²) in [5, 5.41) is 0. The molecule has 1 aliphatic rings. The monoisotopic (exact) mass is 256 g/mol. The normalized spacial score (nSPS) is 21.6. The standard InChI is InChI=1S/C14H28N2O2/c1-11(2)8-12(3)18-7-5-14(17)16-6-4-13(9-15)10-16/h11-13H,4-10,15H2,1-3H3. The van der Waals surface area contributed by atoms with Crippen LogP contribution in [0.15, 0.2) is 0 Å². The maximum atomic E-state index is 11.9. The summed E-state index contributed by atoms with van der Waals surface area (Å²) in [5.74, 6) is 1.34. The highest BCUT2D eigenvalue weighted by atomic mass is 16.5. The minimum Gasteiger partial charge on any atom is -0.378 e. The largest absolute Gasteiger partial charge is 0.378 e. The molecule has 2 N–H and O–H groups in total. The van der Waals surface area contributed by atoms with Crippen LogP contribution in [0.3, 0.4) is 0 Å². The summed E-state index contributed by atoms with van der Waals surface area (Å²) < 4.78 is 5.66. The van der Waals surface area contributed by atoms with Crippen molar-refractivity contribution in [3.8, 4) is 0 Å². The molecular weight excluding hydrogens is 228 g/mol. The quantitative estimate of drug-likeness (QED) is 0.753. The predicted molar refractivity (Wildman–Crippen MR) is 73.2 cm³/mol. The molecule has 0 spiro atoms. The van der Waals surface area contributed by atoms with Crippen molar-refractivity contribution < 1.29 is 9.53 Å². The lowest BCUT2D eigenvalue weighted by Gasteiger charge is -2.18. The van der Waals surface area contributed by atoms with Gasteiger partial charge in [-0.05, 0) is 38.1 Å². The molecule has 0 radical (unpaired) electrons. The van der Waals surface area contributed by atoms with E-state index in [2.05, 4.69) is 20.8 Å². The topological polar surface area (TPSA) is 55.6 Å². The number of likely N-dealkylation sites (tertiary alicyclic amines) is 1. The molecule has 1 saturated heterocycles. The van der Waals surface area contributed by atoms with Crippen molar-refractivity contribution in [1.82, 2.24) is 4.90 Å². The average molecular weight is 256 g/mol. The number of amides is 1. The zero-order chi connectivity index (χ0) is 13.5. The summed E-state index contributed by atoms with van der Waals surface area (Å²) in [6.07, 6.45) is 2.84. The molecule has 1 fully saturated rings. The maximum Gasteiger partial charge on any atom is 0.224 e. The van der Waals surface area contributed by atoms with Crippen LogP contribution in [0.25, 0.3) is 0 Å². The Morgan fingerprint density at radius 3 is 2.72 bits per heavy atom. The Labute approximate surface area is 111 Å². The van der Waals surface area contributed by atoms with Gasteiger partial charge >= 0.3 is 0 Å². The van der Waals surface area contributed by atoms with Crippen molar-refractivity contribution in [3.63, 3.8) is 0 Å². The van der Waals surface area contributed by atoms with Crippen LogP contribution >= 0.6 is 0 Å². The van der Waals surface area contributed by atoms with Crippen LogP contribution in [0, 0.1) is 11.8 Å². The van der Waals surface area contributed by atoms with Gasteiger partial charge in [0.15, 0.2) is 0 Å². The zero-order valence-corrected chi connectivity index (χ0v) is 12.0. The third-order valence-corrected chi connectivity index (χ3v) is 3.49. The summed E-state index contributed by atoms with van der Waals surface area (Å²) in [7, 11) is 0. The highest BCUT2D eigenvalue weighted by Crippen LogP contribution is 2.16. The van der Waals surface area contributed by atoms with Gasteiger partial charge in [0, 0.05) is 13.1 Å². The first-order valence-electron chi connectivity index (χ1n) is 7.12. The Morgan fingerprint density at radius 1 is 1.44 bits per heavy atom. The van der Waals surface area contributed by atoms with E-state index in [4.69, 9.17) is 10.5 Å². The maximum absolute atomic E-state index is 11.9. The minimum atomic E-state index is 0.211. The fourth-order valence-electron chi connectivity index (χ4n) is 2.49. The second-order valence-electron chi connectivity index (χ2n) is 5.79. The smallest absolute Gasteiger partial charge is 0.224 e. The highest BCUT2D eigenvalue weighted by molar-refractivity contribution is 5.76. The highest BCUT2D eigenvalue weighted by Gasteiger charge is 2.24. The lowest BCUT2D eigenvalue weighted by molar-refractivity contribution is -0.131. The van der Waals surface area contributed by atoms with E-state index < -0.39 is 0 Å². The van der Waals surface area contributed by atoms with Gasteiger partial charge in [-0.15, -0.1) is 0 Å². The Morgan fingerprint density at radius 2 is 2.17 bits per heavy atom. The van der Waals surface area contributed by atoms with Crippen molar-refractivity contribution in [1.29, 1.82) is 0 Å². The summed E-state index contributed by atoms with van der Waals surface area (Å²) in [5.41, 5.74) is 5.62. The second-order valence-corrected chi connectivity index (χ2v) is 5.79. The number of hydrogen-bond acceptors (Lipinski definition) is 3. The Kier molecular flexibility index (Phi) is 6.65. The number of nitrogens with two attached hydrogens (primary N) is 1. The fourth-order valence-corrected chi connectivity index (χ4v) is 2.49. The molecule has 0 saturated carbocycles. The third kappa shape index (κ3) is 5.36. The van der Waals surface area contributed by atoms with Gasteiger partial charge in [-0.25, -0.2) is 0 Å². The number of rotatable bonds is 7. The van der Waals surface area contributed by atoms with Gasteiger partial charge in [-0.2, -0.15) is 0 Å². The molecule has 0 aromatic carbocycles. The molecule has 0 bridgehead atoms. The van der Waals surface area contributed by atoms with Gasteiger partial charge in [-0.3, -0.25) is 4.79 Å². The Hall–Kier alpha value is -0.610. The van der Waals surface area contributed by atoms with E-state index in [9.17, 15) is 4.79 Å². The van der Waals surface area contributed by atoms with E-state index in [1.165, 1.54) is 0 Å². The van der Waals surface area contributed by atoms with Crippen molar-refractivity contribution >= 4 is 5.91 Å². The first kappa shape index (κ1) is 15.4. The summed E-state index contributed by atoms with van der Waals surface area (Å²) in [6.45, 7) is 9.36. The Balaban J connectivity index is 2.14. The minimum absolute atomic E-state index is 0.211. The van der Waals surface area contributed by atoms with Gasteiger partial charge in [0.25, 0.3) is 0 Å². The molecule has 4 nitrogen and oxygen atoms in total. The van der Waals surface area contributed by atoms with Crippen molar-refractivity contribution in [3.05, 3.63) is 0 Å². The molecule has 2 atom stereocenters. The van der Waals surface area contributed by atoms with Crippen LogP contribution in [0.1, 0.15) is 40.0 Å². The van der Waals surface area contributed by atoms with Crippen LogP contribution < -0.4 is 5.73 Å². The molecule has 0 aromatic heterocycles. The van der Waals surface area contributed by atoms with Crippen molar-refractivity contribution in [2.75, 3.05) is 26.2 Å². The molecule has 1 heterocycles. The third-order valence-electron chi connectivity index (χ3n) is 3.49. The number of ether oxygens (including phenoxy) is 1. The molecule has 1 amide bonds. The van der Waals surface area contributed by atoms with Crippen LogP contribution in [-0.2, 0) is 9.53 Å². The summed E-state index contributed by atoms with van der Waals surface area (Å²) in [4.78, 5) is 13.8. The van der Waals surface area contributed by atoms with Gasteiger partial charge in [-0.1, -0.05) is 13.8 Å². The molecule has 1 rings (SSSR count). The lowest BCUT2D eigenvalue weighted by Crippen LogP contribution is -2.30. The Bertz CT molecular complexity index is 256. The van der Waals surface area contributed by atoms with Gasteiger partial charge in [0.2, 0.25) is 5.91 Å². The van der Waals surface area contributed by atoms with Crippen LogP contribution in [-0.4, -0.2) is 43.2 Å². The molecule has 2 unspecified atom stereocenters. The van der Waals surface area contributed by atoms with E-state index in [0.717, 1.165) is 25.9 Å².